The maximum absolute atomic E-state index is 12.2. The molecule has 1 amide bonds. The average Bonchev–Trinajstić information content (AvgIpc) is 3.50. The molecule has 2 N–H and O–H groups in total. The van der Waals surface area contributed by atoms with E-state index >= 15 is 0 Å². The van der Waals surface area contributed by atoms with Crippen molar-refractivity contribution in [3.05, 3.63) is 89.5 Å². The largest absolute Gasteiger partial charge is 0.449 e. The highest BCUT2D eigenvalue weighted by molar-refractivity contribution is 5.79. The zero-order valence-corrected chi connectivity index (χ0v) is 17.8. The number of fused-ring (bicyclic) bond motifs is 3. The number of rotatable bonds is 5. The van der Waals surface area contributed by atoms with Crippen LogP contribution in [0.5, 0.6) is 0 Å². The minimum absolute atomic E-state index is 0.0540. The molecule has 7 heteroatoms. The maximum Gasteiger partial charge on any atom is 0.407 e. The van der Waals surface area contributed by atoms with Gasteiger partial charge in [0, 0.05) is 30.0 Å². The van der Waals surface area contributed by atoms with E-state index in [1.165, 1.54) is 22.3 Å². The molecular formula is C26H21N5O2. The van der Waals surface area contributed by atoms with Crippen molar-refractivity contribution in [1.29, 1.82) is 0 Å². The minimum Gasteiger partial charge on any atom is -0.449 e. The van der Waals surface area contributed by atoms with Crippen molar-refractivity contribution in [3.63, 3.8) is 0 Å². The fourth-order valence-corrected chi connectivity index (χ4v) is 4.03. The number of nitrogens with one attached hydrogen (secondary N) is 2. The SMILES string of the molecule is O=C(NCCC#Cc1ccc(-c2nn[nH]n2)cc1)OCC1c2ccccc2-c2ccccc21. The van der Waals surface area contributed by atoms with Crippen LogP contribution in [0.15, 0.2) is 72.8 Å². The number of tetrazole rings is 1. The summed E-state index contributed by atoms with van der Waals surface area (Å²) in [4.78, 5) is 12.2. The summed E-state index contributed by atoms with van der Waals surface area (Å²) in [6, 6.07) is 24.1. The van der Waals surface area contributed by atoms with E-state index in [0.29, 0.717) is 25.4 Å². The third-order valence-electron chi connectivity index (χ3n) is 5.58. The fraction of sp³-hybridized carbons (Fsp3) is 0.154. The molecule has 162 valence electrons. The van der Waals surface area contributed by atoms with Gasteiger partial charge < -0.3 is 10.1 Å². The molecule has 1 aliphatic carbocycles. The molecule has 33 heavy (non-hydrogen) atoms. The van der Waals surface area contributed by atoms with Crippen molar-refractivity contribution in [2.45, 2.75) is 12.3 Å². The van der Waals surface area contributed by atoms with Gasteiger partial charge in [-0.15, -0.1) is 10.2 Å². The molecule has 0 radical (unpaired) electrons. The van der Waals surface area contributed by atoms with Gasteiger partial charge in [-0.3, -0.25) is 0 Å². The number of aromatic nitrogens is 4. The van der Waals surface area contributed by atoms with Gasteiger partial charge in [-0.2, -0.15) is 5.21 Å². The van der Waals surface area contributed by atoms with Crippen molar-refractivity contribution in [1.82, 2.24) is 25.9 Å². The lowest BCUT2D eigenvalue weighted by Crippen LogP contribution is -2.26. The van der Waals surface area contributed by atoms with E-state index < -0.39 is 6.09 Å². The second-order valence-electron chi connectivity index (χ2n) is 7.62. The third-order valence-corrected chi connectivity index (χ3v) is 5.58. The third kappa shape index (κ3) is 4.46. The standard InChI is InChI=1S/C26H21N5O2/c32-26(27-16-6-5-7-18-12-14-19(15-13-18)25-28-30-31-29-25)33-17-24-22-10-3-1-8-20(22)21-9-2-4-11-23(21)24/h1-4,8-15,24H,6,16-17H2,(H,27,32)(H,28,29,30,31). The predicted octanol–water partition coefficient (Wildman–Crippen LogP) is 4.15. The Morgan fingerprint density at radius 1 is 0.970 bits per heavy atom. The van der Waals surface area contributed by atoms with E-state index in [1.54, 1.807) is 0 Å². The molecule has 0 bridgehead atoms. The molecule has 7 nitrogen and oxygen atoms in total. The first-order valence-electron chi connectivity index (χ1n) is 10.7. The zero-order chi connectivity index (χ0) is 22.5. The molecule has 0 saturated heterocycles. The fourth-order valence-electron chi connectivity index (χ4n) is 4.03. The Morgan fingerprint density at radius 2 is 1.67 bits per heavy atom. The lowest BCUT2D eigenvalue weighted by Gasteiger charge is -2.14. The van der Waals surface area contributed by atoms with Crippen LogP contribution in [0.4, 0.5) is 4.79 Å². The second kappa shape index (κ2) is 9.37. The van der Waals surface area contributed by atoms with E-state index in [4.69, 9.17) is 4.74 Å². The van der Waals surface area contributed by atoms with Crippen molar-refractivity contribution >= 4 is 6.09 Å². The minimum atomic E-state index is -0.428. The molecule has 0 atom stereocenters. The van der Waals surface area contributed by atoms with Gasteiger partial charge in [0.2, 0.25) is 5.82 Å². The Morgan fingerprint density at radius 3 is 2.33 bits per heavy atom. The van der Waals surface area contributed by atoms with Gasteiger partial charge in [-0.05, 0) is 51.7 Å². The first-order valence-corrected chi connectivity index (χ1v) is 10.7. The number of benzene rings is 3. The molecule has 0 saturated carbocycles. The summed E-state index contributed by atoms with van der Waals surface area (Å²) in [5.41, 5.74) is 6.56. The van der Waals surface area contributed by atoms with Crippen LogP contribution in [0.1, 0.15) is 29.0 Å². The van der Waals surface area contributed by atoms with Crippen LogP contribution >= 0.6 is 0 Å². The summed E-state index contributed by atoms with van der Waals surface area (Å²) in [6.07, 6.45) is 0.0969. The van der Waals surface area contributed by atoms with Crippen molar-refractivity contribution < 1.29 is 9.53 Å². The van der Waals surface area contributed by atoms with E-state index in [0.717, 1.165) is 11.1 Å². The summed E-state index contributed by atoms with van der Waals surface area (Å²) in [6.45, 7) is 0.725. The van der Waals surface area contributed by atoms with Crippen LogP contribution < -0.4 is 5.32 Å². The Kier molecular flexibility index (Phi) is 5.81. The molecule has 3 aromatic carbocycles. The molecule has 0 aliphatic heterocycles. The number of carbonyl (C=O) groups is 1. The number of hydrogen-bond donors (Lipinski definition) is 2. The molecule has 1 aliphatic rings. The molecule has 1 heterocycles. The van der Waals surface area contributed by atoms with E-state index in [-0.39, 0.29) is 5.92 Å². The van der Waals surface area contributed by atoms with Crippen LogP contribution in [0.3, 0.4) is 0 Å². The molecule has 5 rings (SSSR count). The Bertz CT molecular complexity index is 1280. The molecular weight excluding hydrogens is 414 g/mol. The van der Waals surface area contributed by atoms with Crippen LogP contribution in [0.25, 0.3) is 22.5 Å². The molecule has 4 aromatic rings. The van der Waals surface area contributed by atoms with Gasteiger partial charge in [0.25, 0.3) is 0 Å². The number of ether oxygens (including phenoxy) is 1. The second-order valence-corrected chi connectivity index (χ2v) is 7.62. The van der Waals surface area contributed by atoms with Gasteiger partial charge in [-0.1, -0.05) is 60.4 Å². The summed E-state index contributed by atoms with van der Waals surface area (Å²) in [5.74, 6) is 6.75. The number of hydrogen-bond acceptors (Lipinski definition) is 5. The Hall–Kier alpha value is -4.44. The lowest BCUT2D eigenvalue weighted by molar-refractivity contribution is 0.143. The van der Waals surface area contributed by atoms with Crippen molar-refractivity contribution in [2.24, 2.45) is 0 Å². The molecule has 0 unspecified atom stereocenters. The van der Waals surface area contributed by atoms with Crippen LogP contribution in [0.2, 0.25) is 0 Å². The summed E-state index contributed by atoms with van der Waals surface area (Å²) >= 11 is 0. The normalized spacial score (nSPS) is 11.8. The lowest BCUT2D eigenvalue weighted by atomic mass is 9.98. The van der Waals surface area contributed by atoms with E-state index in [2.05, 4.69) is 62.0 Å². The predicted molar refractivity (Wildman–Crippen MR) is 124 cm³/mol. The van der Waals surface area contributed by atoms with Crippen LogP contribution in [-0.2, 0) is 4.74 Å². The highest BCUT2D eigenvalue weighted by Gasteiger charge is 2.28. The van der Waals surface area contributed by atoms with E-state index in [9.17, 15) is 4.79 Å². The van der Waals surface area contributed by atoms with Gasteiger partial charge in [0.1, 0.15) is 6.61 Å². The first kappa shape index (κ1) is 20.5. The number of amides is 1. The summed E-state index contributed by atoms with van der Waals surface area (Å²) in [5, 5.41) is 16.7. The van der Waals surface area contributed by atoms with Gasteiger partial charge >= 0.3 is 6.09 Å². The number of alkyl carbamates (subject to hydrolysis) is 1. The number of H-pyrrole nitrogens is 1. The number of carbonyl (C=O) groups excluding carboxylic acids is 1. The Labute approximate surface area is 191 Å². The van der Waals surface area contributed by atoms with Gasteiger partial charge in [0.05, 0.1) is 0 Å². The quantitative estimate of drug-likeness (QED) is 0.363. The number of aromatic amines is 1. The molecule has 0 spiro atoms. The highest BCUT2D eigenvalue weighted by Crippen LogP contribution is 2.44. The smallest absolute Gasteiger partial charge is 0.407 e. The summed E-state index contributed by atoms with van der Waals surface area (Å²) < 4.78 is 5.54. The van der Waals surface area contributed by atoms with Gasteiger partial charge in [-0.25, -0.2) is 4.79 Å². The van der Waals surface area contributed by atoms with Crippen LogP contribution in [-0.4, -0.2) is 39.9 Å². The highest BCUT2D eigenvalue weighted by atomic mass is 16.5. The molecule has 0 fully saturated rings. The van der Waals surface area contributed by atoms with Crippen molar-refractivity contribution in [3.8, 4) is 34.4 Å². The monoisotopic (exact) mass is 435 g/mol. The van der Waals surface area contributed by atoms with Crippen molar-refractivity contribution in [2.75, 3.05) is 13.2 Å². The average molecular weight is 435 g/mol. The van der Waals surface area contributed by atoms with Crippen LogP contribution in [0, 0.1) is 11.8 Å². The van der Waals surface area contributed by atoms with Gasteiger partial charge in [0.15, 0.2) is 0 Å². The summed E-state index contributed by atoms with van der Waals surface area (Å²) in [7, 11) is 0. The number of nitrogens with zero attached hydrogens (tertiary/aromatic N) is 3. The first-order chi connectivity index (χ1) is 16.3. The molecule has 1 aromatic heterocycles. The Balaban J connectivity index is 1.10. The maximum atomic E-state index is 12.2. The van der Waals surface area contributed by atoms with E-state index in [1.807, 2.05) is 48.5 Å². The topological polar surface area (TPSA) is 92.8 Å². The zero-order valence-electron chi connectivity index (χ0n) is 17.8.